The van der Waals surface area contributed by atoms with E-state index >= 15 is 0 Å². The van der Waals surface area contributed by atoms with Crippen molar-refractivity contribution < 1.29 is 14.3 Å². The Morgan fingerprint density at radius 2 is 1.91 bits per heavy atom. The molecule has 1 heterocycles. The van der Waals surface area contributed by atoms with Crippen LogP contribution in [0.5, 0.6) is 0 Å². The van der Waals surface area contributed by atoms with Crippen LogP contribution in [0.1, 0.15) is 37.6 Å². The molecule has 0 bridgehead atoms. The number of nitrogens with zero attached hydrogens (tertiary/aromatic N) is 1. The Hall–Kier alpha value is -1.75. The monoisotopic (exact) mass is 324 g/mol. The van der Waals surface area contributed by atoms with Crippen LogP contribution in [0.3, 0.4) is 0 Å². The zero-order chi connectivity index (χ0) is 16.3. The Labute approximate surface area is 135 Å². The van der Waals surface area contributed by atoms with Gasteiger partial charge in [0.2, 0.25) is 0 Å². The van der Waals surface area contributed by atoms with E-state index < -0.39 is 11.7 Å². The number of ether oxygens (including phenoxy) is 1. The number of nitrogens with one attached hydrogen (secondary N) is 1. The number of likely N-dealkylation sites (tertiary alicyclic amines) is 1. The molecule has 1 saturated heterocycles. The van der Waals surface area contributed by atoms with E-state index in [0.29, 0.717) is 23.7 Å². The van der Waals surface area contributed by atoms with Crippen LogP contribution in [0.2, 0.25) is 5.02 Å². The lowest BCUT2D eigenvalue weighted by Gasteiger charge is -2.22. The van der Waals surface area contributed by atoms with Gasteiger partial charge in [-0.2, -0.15) is 0 Å². The summed E-state index contributed by atoms with van der Waals surface area (Å²) in [7, 11) is 0. The summed E-state index contributed by atoms with van der Waals surface area (Å²) in [6.07, 6.45) is 0.275. The van der Waals surface area contributed by atoms with E-state index in [4.69, 9.17) is 16.3 Å². The number of carbonyl (C=O) groups is 2. The van der Waals surface area contributed by atoms with Gasteiger partial charge in [-0.3, -0.25) is 4.79 Å². The fourth-order valence-electron chi connectivity index (χ4n) is 2.31. The zero-order valence-corrected chi connectivity index (χ0v) is 13.8. The number of alkyl carbamates (subject to hydrolysis) is 1. The molecular weight excluding hydrogens is 304 g/mol. The fourth-order valence-corrected chi connectivity index (χ4v) is 2.44. The number of hydrogen-bond acceptors (Lipinski definition) is 3. The summed E-state index contributed by atoms with van der Waals surface area (Å²) in [6.45, 7) is 6.55. The van der Waals surface area contributed by atoms with Gasteiger partial charge in [-0.05, 0) is 51.5 Å². The molecule has 1 atom stereocenters. The maximum Gasteiger partial charge on any atom is 0.407 e. The molecule has 0 spiro atoms. The largest absolute Gasteiger partial charge is 0.444 e. The van der Waals surface area contributed by atoms with Gasteiger partial charge in [0.05, 0.1) is 6.04 Å². The predicted octanol–water partition coefficient (Wildman–Crippen LogP) is 3.08. The van der Waals surface area contributed by atoms with Gasteiger partial charge in [0.15, 0.2) is 0 Å². The second-order valence-electron chi connectivity index (χ2n) is 6.39. The number of hydrogen-bond donors (Lipinski definition) is 1. The Kier molecular flexibility index (Phi) is 4.96. The molecule has 1 fully saturated rings. The lowest BCUT2D eigenvalue weighted by molar-refractivity contribution is 0.0502. The summed E-state index contributed by atoms with van der Waals surface area (Å²) < 4.78 is 5.23. The van der Waals surface area contributed by atoms with Crippen LogP contribution in [0.25, 0.3) is 0 Å². The topological polar surface area (TPSA) is 58.6 Å². The lowest BCUT2D eigenvalue weighted by atomic mass is 10.2. The minimum atomic E-state index is -0.526. The summed E-state index contributed by atoms with van der Waals surface area (Å²) in [5.74, 6) is -0.0508. The third-order valence-electron chi connectivity index (χ3n) is 3.29. The molecule has 22 heavy (non-hydrogen) atoms. The molecule has 1 aliphatic rings. The summed E-state index contributed by atoms with van der Waals surface area (Å²) in [4.78, 5) is 25.8. The van der Waals surface area contributed by atoms with Crippen LogP contribution in [0, 0.1) is 0 Å². The highest BCUT2D eigenvalue weighted by Crippen LogP contribution is 2.16. The Balaban J connectivity index is 1.88. The zero-order valence-electron chi connectivity index (χ0n) is 13.1. The first-order chi connectivity index (χ1) is 10.2. The molecule has 1 aromatic rings. The van der Waals surface area contributed by atoms with Crippen molar-refractivity contribution in [1.29, 1.82) is 0 Å². The SMILES string of the molecule is CC(C)(C)OC(=O)NC1CCN(C(=O)c2ccc(Cl)cc2)C1. The first-order valence-corrected chi connectivity index (χ1v) is 7.67. The summed E-state index contributed by atoms with van der Waals surface area (Å²) >= 11 is 5.82. The number of amides is 2. The smallest absolute Gasteiger partial charge is 0.407 e. The number of rotatable bonds is 2. The molecule has 2 amide bonds. The summed E-state index contributed by atoms with van der Waals surface area (Å²) in [5, 5.41) is 3.40. The maximum atomic E-state index is 12.4. The summed E-state index contributed by atoms with van der Waals surface area (Å²) in [6, 6.07) is 6.73. The third-order valence-corrected chi connectivity index (χ3v) is 3.54. The van der Waals surface area contributed by atoms with Crippen molar-refractivity contribution >= 4 is 23.6 Å². The minimum Gasteiger partial charge on any atom is -0.444 e. The molecule has 0 aliphatic carbocycles. The maximum absolute atomic E-state index is 12.4. The standard InChI is InChI=1S/C16H21ClN2O3/c1-16(2,3)22-15(21)18-13-8-9-19(10-13)14(20)11-4-6-12(17)7-5-11/h4-7,13H,8-10H2,1-3H3,(H,18,21). The van der Waals surface area contributed by atoms with Gasteiger partial charge in [0, 0.05) is 23.7 Å². The van der Waals surface area contributed by atoms with Gasteiger partial charge in [-0.25, -0.2) is 4.79 Å². The van der Waals surface area contributed by atoms with Gasteiger partial charge >= 0.3 is 6.09 Å². The van der Waals surface area contributed by atoms with E-state index in [1.165, 1.54) is 0 Å². The van der Waals surface area contributed by atoms with E-state index in [2.05, 4.69) is 5.32 Å². The van der Waals surface area contributed by atoms with Crippen molar-refractivity contribution in [1.82, 2.24) is 10.2 Å². The van der Waals surface area contributed by atoms with Crippen molar-refractivity contribution in [2.24, 2.45) is 0 Å². The molecule has 1 aliphatic heterocycles. The van der Waals surface area contributed by atoms with Crippen LogP contribution < -0.4 is 5.32 Å². The highest BCUT2D eigenvalue weighted by Gasteiger charge is 2.29. The van der Waals surface area contributed by atoms with Gasteiger partial charge in [-0.1, -0.05) is 11.6 Å². The van der Waals surface area contributed by atoms with E-state index in [0.717, 1.165) is 6.42 Å². The second kappa shape index (κ2) is 6.57. The highest BCUT2D eigenvalue weighted by molar-refractivity contribution is 6.30. The van der Waals surface area contributed by atoms with Crippen LogP contribution in [0.15, 0.2) is 24.3 Å². The Morgan fingerprint density at radius 3 is 2.50 bits per heavy atom. The highest BCUT2D eigenvalue weighted by atomic mass is 35.5. The first kappa shape index (κ1) is 16.6. The lowest BCUT2D eigenvalue weighted by Crippen LogP contribution is -2.41. The van der Waals surface area contributed by atoms with Crippen LogP contribution in [-0.2, 0) is 4.74 Å². The average molecular weight is 325 g/mol. The van der Waals surface area contributed by atoms with Crippen molar-refractivity contribution in [3.63, 3.8) is 0 Å². The van der Waals surface area contributed by atoms with E-state index in [1.807, 2.05) is 20.8 Å². The number of carbonyl (C=O) groups excluding carboxylic acids is 2. The molecule has 120 valence electrons. The van der Waals surface area contributed by atoms with Gasteiger partial charge in [-0.15, -0.1) is 0 Å². The van der Waals surface area contributed by atoms with Gasteiger partial charge in [0.1, 0.15) is 5.60 Å². The molecule has 1 unspecified atom stereocenters. The predicted molar refractivity (Wildman–Crippen MR) is 85.1 cm³/mol. The van der Waals surface area contributed by atoms with Crippen LogP contribution >= 0.6 is 11.6 Å². The Morgan fingerprint density at radius 1 is 1.27 bits per heavy atom. The minimum absolute atomic E-state index is 0.0508. The fraction of sp³-hybridized carbons (Fsp3) is 0.500. The van der Waals surface area contributed by atoms with E-state index in [1.54, 1.807) is 29.2 Å². The molecule has 0 saturated carbocycles. The quantitative estimate of drug-likeness (QED) is 0.909. The van der Waals surface area contributed by atoms with Crippen molar-refractivity contribution in [3.05, 3.63) is 34.9 Å². The second-order valence-corrected chi connectivity index (χ2v) is 6.83. The summed E-state index contributed by atoms with van der Waals surface area (Å²) in [5.41, 5.74) is 0.0731. The molecule has 0 radical (unpaired) electrons. The van der Waals surface area contributed by atoms with Crippen LogP contribution in [-0.4, -0.2) is 41.6 Å². The molecule has 2 rings (SSSR count). The molecule has 1 aromatic carbocycles. The van der Waals surface area contributed by atoms with E-state index in [9.17, 15) is 9.59 Å². The average Bonchev–Trinajstić information content (AvgIpc) is 2.85. The molecule has 5 nitrogen and oxygen atoms in total. The van der Waals surface area contributed by atoms with Crippen molar-refractivity contribution in [2.75, 3.05) is 13.1 Å². The van der Waals surface area contributed by atoms with E-state index in [-0.39, 0.29) is 11.9 Å². The van der Waals surface area contributed by atoms with Gasteiger partial charge < -0.3 is 15.0 Å². The van der Waals surface area contributed by atoms with Crippen LogP contribution in [0.4, 0.5) is 4.79 Å². The Bertz CT molecular complexity index is 552. The molecular formula is C16H21ClN2O3. The molecule has 1 N–H and O–H groups in total. The number of benzene rings is 1. The third kappa shape index (κ3) is 4.63. The van der Waals surface area contributed by atoms with Crippen molar-refractivity contribution in [2.45, 2.75) is 38.8 Å². The number of halogens is 1. The first-order valence-electron chi connectivity index (χ1n) is 7.29. The normalized spacial score (nSPS) is 18.2. The van der Waals surface area contributed by atoms with Gasteiger partial charge in [0.25, 0.3) is 5.91 Å². The van der Waals surface area contributed by atoms with Crippen molar-refractivity contribution in [3.8, 4) is 0 Å². The molecule has 0 aromatic heterocycles. The molecule has 6 heteroatoms.